The molecule has 0 aromatic rings. The highest BCUT2D eigenvalue weighted by Gasteiger charge is 2.38. The molecule has 4 atom stereocenters. The van der Waals surface area contributed by atoms with Crippen LogP contribution in [0.4, 0.5) is 0 Å². The molecular weight excluding hydrogens is 230 g/mol. The molecule has 0 aromatic heterocycles. The minimum Gasteiger partial charge on any atom is -0.198 e. The van der Waals surface area contributed by atoms with Crippen molar-refractivity contribution in [3.05, 3.63) is 0 Å². The molecule has 0 saturated heterocycles. The SMILES string of the molecule is CC.CC.CC1CC2CCCCC2CC(C)(C#N)C1. The Labute approximate surface area is 121 Å². The lowest BCUT2D eigenvalue weighted by molar-refractivity contribution is 0.194. The maximum absolute atomic E-state index is 9.33. The Kier molecular flexibility index (Phi) is 9.15. The van der Waals surface area contributed by atoms with Crippen LogP contribution in [0.5, 0.6) is 0 Å². The fourth-order valence-electron chi connectivity index (χ4n) is 3.99. The number of hydrogen-bond donors (Lipinski definition) is 0. The first-order chi connectivity index (χ1) is 9.13. The topological polar surface area (TPSA) is 23.8 Å². The predicted octanol–water partition coefficient (Wildman–Crippen LogP) is 6.20. The predicted molar refractivity (Wildman–Crippen MR) is 84.9 cm³/mol. The van der Waals surface area contributed by atoms with Gasteiger partial charge in [0.2, 0.25) is 0 Å². The Hall–Kier alpha value is -0.510. The molecule has 0 aromatic carbocycles. The Bertz CT molecular complexity index is 265. The lowest BCUT2D eigenvalue weighted by atomic mass is 9.72. The van der Waals surface area contributed by atoms with Crippen molar-refractivity contribution in [1.82, 2.24) is 0 Å². The molecule has 1 heteroatoms. The maximum atomic E-state index is 9.33. The zero-order valence-electron chi connectivity index (χ0n) is 14.1. The molecule has 0 radical (unpaired) electrons. The first kappa shape index (κ1) is 18.5. The first-order valence-corrected chi connectivity index (χ1v) is 8.54. The summed E-state index contributed by atoms with van der Waals surface area (Å²) in [5.41, 5.74) is -0.0316. The lowest BCUT2D eigenvalue weighted by Gasteiger charge is -2.32. The van der Waals surface area contributed by atoms with Gasteiger partial charge in [0.25, 0.3) is 0 Å². The van der Waals surface area contributed by atoms with Crippen LogP contribution in [0.25, 0.3) is 0 Å². The average Bonchev–Trinajstić information content (AvgIpc) is 2.58. The Balaban J connectivity index is 0.000000741. The van der Waals surface area contributed by atoms with Gasteiger partial charge in [-0.1, -0.05) is 60.3 Å². The number of hydrogen-bond acceptors (Lipinski definition) is 1. The lowest BCUT2D eigenvalue weighted by Crippen LogP contribution is -2.23. The van der Waals surface area contributed by atoms with E-state index in [0.29, 0.717) is 0 Å². The molecule has 0 N–H and O–H groups in total. The Morgan fingerprint density at radius 2 is 1.47 bits per heavy atom. The molecule has 4 unspecified atom stereocenters. The molecular formula is C18H35N. The second kappa shape index (κ2) is 9.40. The van der Waals surface area contributed by atoms with Crippen molar-refractivity contribution >= 4 is 0 Å². The molecule has 0 bridgehead atoms. The van der Waals surface area contributed by atoms with Crippen LogP contribution in [0.15, 0.2) is 0 Å². The van der Waals surface area contributed by atoms with Crippen LogP contribution in [0.3, 0.4) is 0 Å². The minimum atomic E-state index is -0.0316. The van der Waals surface area contributed by atoms with Gasteiger partial charge in [0.05, 0.1) is 11.5 Å². The Morgan fingerprint density at radius 3 is 2.00 bits per heavy atom. The zero-order chi connectivity index (χ0) is 14.9. The van der Waals surface area contributed by atoms with Crippen LogP contribution in [-0.2, 0) is 0 Å². The standard InChI is InChI=1S/C14H23N.2C2H6/c1-11-7-12-5-3-4-6-13(12)9-14(2,8-11)10-15;2*1-2/h11-13H,3-9H2,1-2H3;2*1-2H3. The van der Waals surface area contributed by atoms with E-state index in [9.17, 15) is 5.26 Å². The van der Waals surface area contributed by atoms with Gasteiger partial charge in [-0.3, -0.25) is 0 Å². The normalized spacial score (nSPS) is 37.2. The van der Waals surface area contributed by atoms with Gasteiger partial charge in [-0.15, -0.1) is 0 Å². The molecule has 0 heterocycles. The van der Waals surface area contributed by atoms with Gasteiger partial charge in [0, 0.05) is 0 Å². The van der Waals surface area contributed by atoms with E-state index in [1.807, 2.05) is 27.7 Å². The fraction of sp³-hybridized carbons (Fsp3) is 0.944. The molecule has 19 heavy (non-hydrogen) atoms. The van der Waals surface area contributed by atoms with Gasteiger partial charge < -0.3 is 0 Å². The third-order valence-electron chi connectivity index (χ3n) is 4.55. The van der Waals surface area contributed by atoms with Crippen molar-refractivity contribution < 1.29 is 0 Å². The van der Waals surface area contributed by atoms with Crippen molar-refractivity contribution in [2.24, 2.45) is 23.2 Å². The first-order valence-electron chi connectivity index (χ1n) is 8.54. The highest BCUT2D eigenvalue weighted by atomic mass is 14.4. The molecule has 2 aliphatic rings. The zero-order valence-corrected chi connectivity index (χ0v) is 14.1. The smallest absolute Gasteiger partial charge is 0.0687 e. The van der Waals surface area contributed by atoms with Crippen molar-refractivity contribution in [2.75, 3.05) is 0 Å². The summed E-state index contributed by atoms with van der Waals surface area (Å²) in [6.07, 6.45) is 9.30. The van der Waals surface area contributed by atoms with Crippen molar-refractivity contribution in [1.29, 1.82) is 5.26 Å². The van der Waals surface area contributed by atoms with Gasteiger partial charge in [0.1, 0.15) is 0 Å². The largest absolute Gasteiger partial charge is 0.198 e. The van der Waals surface area contributed by atoms with Crippen LogP contribution >= 0.6 is 0 Å². The maximum Gasteiger partial charge on any atom is 0.0687 e. The molecule has 112 valence electrons. The summed E-state index contributed by atoms with van der Waals surface area (Å²) < 4.78 is 0. The van der Waals surface area contributed by atoms with Crippen LogP contribution in [0, 0.1) is 34.5 Å². The molecule has 0 spiro atoms. The number of fused-ring (bicyclic) bond motifs is 1. The molecule has 2 saturated carbocycles. The van der Waals surface area contributed by atoms with Crippen LogP contribution in [0.1, 0.15) is 86.5 Å². The van der Waals surface area contributed by atoms with Crippen LogP contribution < -0.4 is 0 Å². The number of rotatable bonds is 0. The number of nitrogens with zero attached hydrogens (tertiary/aromatic N) is 1. The summed E-state index contributed by atoms with van der Waals surface area (Å²) in [6.45, 7) is 12.5. The van der Waals surface area contributed by atoms with Gasteiger partial charge in [-0.25, -0.2) is 0 Å². The van der Waals surface area contributed by atoms with Gasteiger partial charge in [-0.2, -0.15) is 5.26 Å². The van der Waals surface area contributed by atoms with E-state index in [4.69, 9.17) is 0 Å². The van der Waals surface area contributed by atoms with E-state index < -0.39 is 0 Å². The van der Waals surface area contributed by atoms with Gasteiger partial charge in [-0.05, 0) is 43.9 Å². The van der Waals surface area contributed by atoms with Crippen molar-refractivity contribution in [2.45, 2.75) is 86.5 Å². The summed E-state index contributed by atoms with van der Waals surface area (Å²) in [6, 6.07) is 2.58. The van der Waals surface area contributed by atoms with Gasteiger partial charge in [0.15, 0.2) is 0 Å². The number of nitriles is 1. The molecule has 2 fully saturated rings. The van der Waals surface area contributed by atoms with E-state index in [1.165, 1.54) is 38.5 Å². The monoisotopic (exact) mass is 265 g/mol. The van der Waals surface area contributed by atoms with E-state index >= 15 is 0 Å². The molecule has 0 amide bonds. The second-order valence-electron chi connectivity index (χ2n) is 6.23. The van der Waals surface area contributed by atoms with E-state index in [-0.39, 0.29) is 5.41 Å². The van der Waals surface area contributed by atoms with Gasteiger partial charge >= 0.3 is 0 Å². The highest BCUT2D eigenvalue weighted by Crippen LogP contribution is 2.47. The summed E-state index contributed by atoms with van der Waals surface area (Å²) in [5, 5.41) is 9.33. The summed E-state index contributed by atoms with van der Waals surface area (Å²) in [4.78, 5) is 0. The quantitative estimate of drug-likeness (QED) is 0.512. The third kappa shape index (κ3) is 5.55. The van der Waals surface area contributed by atoms with Crippen molar-refractivity contribution in [3.8, 4) is 6.07 Å². The third-order valence-corrected chi connectivity index (χ3v) is 4.55. The fourth-order valence-corrected chi connectivity index (χ4v) is 3.99. The summed E-state index contributed by atoms with van der Waals surface area (Å²) in [7, 11) is 0. The summed E-state index contributed by atoms with van der Waals surface area (Å²) >= 11 is 0. The highest BCUT2D eigenvalue weighted by molar-refractivity contribution is 5.01. The average molecular weight is 265 g/mol. The van der Waals surface area contributed by atoms with Crippen LogP contribution in [0.2, 0.25) is 0 Å². The van der Waals surface area contributed by atoms with E-state index in [0.717, 1.165) is 24.2 Å². The van der Waals surface area contributed by atoms with E-state index in [2.05, 4.69) is 19.9 Å². The molecule has 2 aliphatic carbocycles. The van der Waals surface area contributed by atoms with E-state index in [1.54, 1.807) is 0 Å². The van der Waals surface area contributed by atoms with Crippen molar-refractivity contribution in [3.63, 3.8) is 0 Å². The molecule has 0 aliphatic heterocycles. The Morgan fingerprint density at radius 1 is 0.947 bits per heavy atom. The molecule has 1 nitrogen and oxygen atoms in total. The minimum absolute atomic E-state index is 0.0316. The second-order valence-corrected chi connectivity index (χ2v) is 6.23. The van der Waals surface area contributed by atoms with Crippen LogP contribution in [-0.4, -0.2) is 0 Å². The molecule has 2 rings (SSSR count). The summed E-state index contributed by atoms with van der Waals surface area (Å²) in [5.74, 6) is 2.54.